The van der Waals surface area contributed by atoms with Crippen LogP contribution >= 0.6 is 15.9 Å². The molecule has 4 nitrogen and oxygen atoms in total. The molecule has 0 fully saturated rings. The Morgan fingerprint density at radius 1 is 1.21 bits per heavy atom. The van der Waals surface area contributed by atoms with Crippen LogP contribution in [0, 0.1) is 0 Å². The van der Waals surface area contributed by atoms with Crippen LogP contribution < -0.4 is 10.5 Å². The molecule has 0 radical (unpaired) electrons. The van der Waals surface area contributed by atoms with E-state index in [1.165, 1.54) is 0 Å². The highest BCUT2D eigenvalue weighted by atomic mass is 79.9. The molecular formula is C14H12BrNO3. The minimum absolute atomic E-state index is 0.260. The van der Waals surface area contributed by atoms with Crippen LogP contribution in [-0.4, -0.2) is 11.1 Å². The van der Waals surface area contributed by atoms with Crippen LogP contribution in [0.1, 0.15) is 15.9 Å². The van der Waals surface area contributed by atoms with Crippen molar-refractivity contribution >= 4 is 27.6 Å². The fourth-order valence-corrected chi connectivity index (χ4v) is 2.07. The van der Waals surface area contributed by atoms with Gasteiger partial charge in [0, 0.05) is 16.2 Å². The summed E-state index contributed by atoms with van der Waals surface area (Å²) in [6.07, 6.45) is 0. The highest BCUT2D eigenvalue weighted by molar-refractivity contribution is 9.10. The van der Waals surface area contributed by atoms with Crippen molar-refractivity contribution in [2.24, 2.45) is 0 Å². The molecule has 0 aromatic heterocycles. The maximum Gasteiger partial charge on any atom is 0.335 e. The van der Waals surface area contributed by atoms with E-state index < -0.39 is 5.97 Å². The largest absolute Gasteiger partial charge is 0.489 e. The van der Waals surface area contributed by atoms with Crippen LogP contribution in [0.25, 0.3) is 0 Å². The van der Waals surface area contributed by atoms with Crippen molar-refractivity contribution < 1.29 is 14.6 Å². The Labute approximate surface area is 118 Å². The number of ether oxygens (including phenoxy) is 1. The number of benzene rings is 2. The van der Waals surface area contributed by atoms with Gasteiger partial charge < -0.3 is 15.6 Å². The summed E-state index contributed by atoms with van der Waals surface area (Å²) in [6.45, 7) is 0.357. The van der Waals surface area contributed by atoms with Gasteiger partial charge in [-0.05, 0) is 29.8 Å². The van der Waals surface area contributed by atoms with Crippen LogP contribution in [0.3, 0.4) is 0 Å². The van der Waals surface area contributed by atoms with Crippen LogP contribution in [-0.2, 0) is 6.61 Å². The highest BCUT2D eigenvalue weighted by Crippen LogP contribution is 2.23. The zero-order chi connectivity index (χ0) is 13.8. The number of hydrogen-bond acceptors (Lipinski definition) is 3. The van der Waals surface area contributed by atoms with Gasteiger partial charge in [-0.25, -0.2) is 4.79 Å². The number of anilines is 1. The first-order valence-electron chi connectivity index (χ1n) is 5.56. The van der Waals surface area contributed by atoms with Crippen LogP contribution in [0.4, 0.5) is 5.69 Å². The molecular weight excluding hydrogens is 310 g/mol. The molecule has 2 aromatic carbocycles. The molecule has 0 amide bonds. The molecule has 5 heteroatoms. The van der Waals surface area contributed by atoms with E-state index in [1.54, 1.807) is 36.4 Å². The van der Waals surface area contributed by atoms with Crippen molar-refractivity contribution in [2.75, 3.05) is 5.73 Å². The average Bonchev–Trinajstić information content (AvgIpc) is 2.36. The molecule has 0 spiro atoms. The van der Waals surface area contributed by atoms with Crippen LogP contribution in [0.15, 0.2) is 46.9 Å². The number of rotatable bonds is 4. The first-order valence-corrected chi connectivity index (χ1v) is 6.35. The Morgan fingerprint density at radius 2 is 1.89 bits per heavy atom. The summed E-state index contributed by atoms with van der Waals surface area (Å²) >= 11 is 3.34. The summed E-state index contributed by atoms with van der Waals surface area (Å²) in [7, 11) is 0. The molecule has 0 bridgehead atoms. The van der Waals surface area contributed by atoms with E-state index in [1.807, 2.05) is 6.07 Å². The molecule has 98 valence electrons. The third-order valence-corrected chi connectivity index (χ3v) is 2.96. The van der Waals surface area contributed by atoms with E-state index in [-0.39, 0.29) is 5.56 Å². The monoisotopic (exact) mass is 321 g/mol. The third kappa shape index (κ3) is 3.72. The second kappa shape index (κ2) is 5.75. The normalized spacial score (nSPS) is 10.2. The van der Waals surface area contributed by atoms with Gasteiger partial charge in [0.15, 0.2) is 0 Å². The molecule has 0 heterocycles. The maximum atomic E-state index is 10.7. The topological polar surface area (TPSA) is 72.5 Å². The van der Waals surface area contributed by atoms with E-state index in [4.69, 9.17) is 15.6 Å². The summed E-state index contributed by atoms with van der Waals surface area (Å²) in [6, 6.07) is 11.9. The van der Waals surface area contributed by atoms with Crippen LogP contribution in [0.5, 0.6) is 5.75 Å². The minimum Gasteiger partial charge on any atom is -0.489 e. The molecule has 0 atom stereocenters. The quantitative estimate of drug-likeness (QED) is 0.847. The number of carboxylic acids is 1. The van der Waals surface area contributed by atoms with Crippen molar-refractivity contribution in [1.29, 1.82) is 0 Å². The molecule has 0 unspecified atom stereocenters. The van der Waals surface area contributed by atoms with E-state index in [2.05, 4.69) is 15.9 Å². The lowest BCUT2D eigenvalue weighted by atomic mass is 10.1. The van der Waals surface area contributed by atoms with Crippen molar-refractivity contribution in [3.05, 3.63) is 58.1 Å². The van der Waals surface area contributed by atoms with Gasteiger partial charge in [0.1, 0.15) is 12.4 Å². The van der Waals surface area contributed by atoms with Crippen molar-refractivity contribution in [3.63, 3.8) is 0 Å². The molecule has 3 N–H and O–H groups in total. The summed E-state index contributed by atoms with van der Waals surface area (Å²) in [5, 5.41) is 8.79. The highest BCUT2D eigenvalue weighted by Gasteiger charge is 2.03. The van der Waals surface area contributed by atoms with Gasteiger partial charge in [-0.2, -0.15) is 0 Å². The average molecular weight is 322 g/mol. The Kier molecular flexibility index (Phi) is 4.06. The third-order valence-electron chi connectivity index (χ3n) is 2.50. The lowest BCUT2D eigenvalue weighted by Crippen LogP contribution is -1.99. The summed E-state index contributed by atoms with van der Waals surface area (Å²) in [5.74, 6) is -0.276. The fraction of sp³-hybridized carbons (Fsp3) is 0.0714. The number of nitrogen functional groups attached to an aromatic ring is 1. The number of halogens is 1. The molecule has 0 aliphatic carbocycles. The standard InChI is InChI=1S/C14H12BrNO3/c15-11-5-12(16)7-13(6-11)19-8-9-1-3-10(4-2-9)14(17)18/h1-7H,8,16H2,(H,17,18). The molecule has 0 aliphatic rings. The van der Waals surface area contributed by atoms with Crippen LogP contribution in [0.2, 0.25) is 0 Å². The maximum absolute atomic E-state index is 10.7. The van der Waals surface area contributed by atoms with Gasteiger partial charge in [0.25, 0.3) is 0 Å². The van der Waals surface area contributed by atoms with E-state index in [0.29, 0.717) is 18.0 Å². The lowest BCUT2D eigenvalue weighted by Gasteiger charge is -2.08. The van der Waals surface area contributed by atoms with E-state index in [0.717, 1.165) is 10.0 Å². The number of nitrogens with two attached hydrogens (primary N) is 1. The molecule has 2 aromatic rings. The van der Waals surface area contributed by atoms with Gasteiger partial charge in [0.2, 0.25) is 0 Å². The Balaban J connectivity index is 2.03. The van der Waals surface area contributed by atoms with Gasteiger partial charge in [-0.1, -0.05) is 28.1 Å². The Hall–Kier alpha value is -2.01. The second-order valence-corrected chi connectivity index (χ2v) is 4.93. The first-order chi connectivity index (χ1) is 9.04. The Morgan fingerprint density at radius 3 is 2.47 bits per heavy atom. The fourth-order valence-electron chi connectivity index (χ4n) is 1.58. The summed E-state index contributed by atoms with van der Waals surface area (Å²) in [4.78, 5) is 10.7. The zero-order valence-corrected chi connectivity index (χ0v) is 11.6. The molecule has 0 aliphatic heterocycles. The minimum atomic E-state index is -0.938. The lowest BCUT2D eigenvalue weighted by molar-refractivity contribution is 0.0697. The second-order valence-electron chi connectivity index (χ2n) is 4.01. The molecule has 19 heavy (non-hydrogen) atoms. The summed E-state index contributed by atoms with van der Waals surface area (Å²) in [5.41, 5.74) is 7.47. The van der Waals surface area contributed by atoms with Crippen molar-refractivity contribution in [1.82, 2.24) is 0 Å². The number of hydrogen-bond donors (Lipinski definition) is 2. The van der Waals surface area contributed by atoms with Gasteiger partial charge in [0.05, 0.1) is 5.56 Å². The summed E-state index contributed by atoms with van der Waals surface area (Å²) < 4.78 is 6.45. The van der Waals surface area contributed by atoms with Crippen molar-refractivity contribution in [3.8, 4) is 5.75 Å². The van der Waals surface area contributed by atoms with Gasteiger partial charge in [-0.15, -0.1) is 0 Å². The Bertz CT molecular complexity index is 576. The van der Waals surface area contributed by atoms with Gasteiger partial charge in [-0.3, -0.25) is 0 Å². The molecule has 0 saturated carbocycles. The predicted molar refractivity (Wildman–Crippen MR) is 76.3 cm³/mol. The SMILES string of the molecule is Nc1cc(Br)cc(OCc2ccc(C(=O)O)cc2)c1. The molecule has 2 rings (SSSR count). The van der Waals surface area contributed by atoms with Gasteiger partial charge >= 0.3 is 5.97 Å². The predicted octanol–water partition coefficient (Wildman–Crippen LogP) is 3.31. The number of carboxylic acid groups (broad SMARTS) is 1. The zero-order valence-electron chi connectivity index (χ0n) is 9.97. The smallest absolute Gasteiger partial charge is 0.335 e. The van der Waals surface area contributed by atoms with Crippen molar-refractivity contribution in [2.45, 2.75) is 6.61 Å². The molecule has 0 saturated heterocycles. The van der Waals surface area contributed by atoms with E-state index in [9.17, 15) is 4.79 Å². The number of carbonyl (C=O) groups is 1. The van der Waals surface area contributed by atoms with E-state index >= 15 is 0 Å². The first kappa shape index (κ1) is 13.4. The number of aromatic carboxylic acids is 1.